The van der Waals surface area contributed by atoms with Crippen LogP contribution in [0.1, 0.15) is 42.9 Å². The minimum Gasteiger partial charge on any atom is -0.0890 e. The molecule has 2 rings (SSSR count). The second-order valence-corrected chi connectivity index (χ2v) is 6.99. The molecule has 0 aromatic heterocycles. The van der Waals surface area contributed by atoms with Crippen LogP contribution in [-0.2, 0) is 6.42 Å². The van der Waals surface area contributed by atoms with Crippen LogP contribution in [0.2, 0.25) is 0 Å². The topological polar surface area (TPSA) is 0 Å². The van der Waals surface area contributed by atoms with E-state index in [-0.39, 0.29) is 0 Å². The molecule has 88 valence electrons. The maximum Gasteiger partial charge on any atom is 0.0151 e. The van der Waals surface area contributed by atoms with Gasteiger partial charge in [0.15, 0.2) is 0 Å². The lowest BCUT2D eigenvalue weighted by Crippen LogP contribution is -2.17. The SMILES string of the molecule is Cc1cccc(C)c1CC1(C)CCC(Br)C1. The van der Waals surface area contributed by atoms with Crippen molar-refractivity contribution < 1.29 is 0 Å². The van der Waals surface area contributed by atoms with Crippen LogP contribution in [0.25, 0.3) is 0 Å². The lowest BCUT2D eigenvalue weighted by Gasteiger charge is -2.25. The van der Waals surface area contributed by atoms with Gasteiger partial charge in [0.2, 0.25) is 0 Å². The van der Waals surface area contributed by atoms with Crippen LogP contribution in [0.5, 0.6) is 0 Å². The molecule has 0 heterocycles. The van der Waals surface area contributed by atoms with E-state index in [0.29, 0.717) is 5.41 Å². The molecule has 1 aliphatic rings. The van der Waals surface area contributed by atoms with Gasteiger partial charge in [-0.05, 0) is 61.6 Å². The summed E-state index contributed by atoms with van der Waals surface area (Å²) in [4.78, 5) is 0.738. The van der Waals surface area contributed by atoms with Crippen molar-refractivity contribution in [3.05, 3.63) is 34.9 Å². The van der Waals surface area contributed by atoms with E-state index in [1.165, 1.54) is 36.8 Å². The summed E-state index contributed by atoms with van der Waals surface area (Å²) in [5.41, 5.74) is 5.00. The molecule has 0 bridgehead atoms. The van der Waals surface area contributed by atoms with Crippen molar-refractivity contribution in [2.75, 3.05) is 0 Å². The first kappa shape index (κ1) is 12.2. The van der Waals surface area contributed by atoms with Gasteiger partial charge in [0, 0.05) is 4.83 Å². The Morgan fingerprint density at radius 2 is 1.94 bits per heavy atom. The van der Waals surface area contributed by atoms with E-state index in [1.807, 2.05) is 0 Å². The molecule has 1 aromatic carbocycles. The molecular weight excluding hydrogens is 260 g/mol. The molecule has 2 unspecified atom stereocenters. The molecular formula is C15H21Br. The molecule has 1 saturated carbocycles. The normalized spacial score (nSPS) is 29.6. The Morgan fingerprint density at radius 1 is 1.31 bits per heavy atom. The Balaban J connectivity index is 2.21. The molecule has 0 nitrogen and oxygen atoms in total. The molecule has 1 fully saturated rings. The minimum absolute atomic E-state index is 0.505. The average molecular weight is 281 g/mol. The van der Waals surface area contributed by atoms with Gasteiger partial charge in [-0.25, -0.2) is 0 Å². The zero-order chi connectivity index (χ0) is 11.8. The molecule has 1 aliphatic carbocycles. The van der Waals surface area contributed by atoms with Gasteiger partial charge in [-0.15, -0.1) is 0 Å². The number of benzene rings is 1. The van der Waals surface area contributed by atoms with Crippen LogP contribution in [0.3, 0.4) is 0 Å². The highest BCUT2D eigenvalue weighted by Gasteiger charge is 2.34. The molecule has 1 aromatic rings. The standard InChI is InChI=1S/C15H21Br/c1-11-5-4-6-12(2)14(11)10-15(3)8-7-13(16)9-15/h4-6,13H,7-10H2,1-3H3. The average Bonchev–Trinajstić information content (AvgIpc) is 2.53. The van der Waals surface area contributed by atoms with E-state index in [2.05, 4.69) is 54.9 Å². The summed E-state index contributed by atoms with van der Waals surface area (Å²) in [6.07, 6.45) is 5.26. The highest BCUT2D eigenvalue weighted by atomic mass is 79.9. The van der Waals surface area contributed by atoms with Crippen molar-refractivity contribution in [2.24, 2.45) is 5.41 Å². The van der Waals surface area contributed by atoms with Crippen molar-refractivity contribution in [2.45, 2.75) is 51.3 Å². The zero-order valence-corrected chi connectivity index (χ0v) is 12.1. The van der Waals surface area contributed by atoms with Gasteiger partial charge in [0.25, 0.3) is 0 Å². The largest absolute Gasteiger partial charge is 0.0890 e. The molecule has 0 N–H and O–H groups in total. The van der Waals surface area contributed by atoms with Crippen LogP contribution in [0, 0.1) is 19.3 Å². The molecule has 0 aliphatic heterocycles. The lowest BCUT2D eigenvalue weighted by molar-refractivity contribution is 0.334. The van der Waals surface area contributed by atoms with E-state index >= 15 is 0 Å². The highest BCUT2D eigenvalue weighted by Crippen LogP contribution is 2.44. The monoisotopic (exact) mass is 280 g/mol. The van der Waals surface area contributed by atoms with E-state index in [9.17, 15) is 0 Å². The number of alkyl halides is 1. The first-order valence-electron chi connectivity index (χ1n) is 6.19. The van der Waals surface area contributed by atoms with E-state index in [0.717, 1.165) is 4.83 Å². The number of aryl methyl sites for hydroxylation is 2. The van der Waals surface area contributed by atoms with Gasteiger partial charge in [0.05, 0.1) is 0 Å². The van der Waals surface area contributed by atoms with Crippen molar-refractivity contribution in [3.8, 4) is 0 Å². The Labute approximate surface area is 108 Å². The molecule has 1 heteroatoms. The summed E-state index contributed by atoms with van der Waals surface area (Å²) in [7, 11) is 0. The van der Waals surface area contributed by atoms with Crippen LogP contribution in [0.4, 0.5) is 0 Å². The summed E-state index contributed by atoms with van der Waals surface area (Å²) < 4.78 is 0. The first-order chi connectivity index (χ1) is 7.50. The highest BCUT2D eigenvalue weighted by molar-refractivity contribution is 9.09. The second-order valence-electron chi connectivity index (χ2n) is 5.70. The Kier molecular flexibility index (Phi) is 3.44. The van der Waals surface area contributed by atoms with Crippen molar-refractivity contribution in [3.63, 3.8) is 0 Å². The van der Waals surface area contributed by atoms with Crippen LogP contribution < -0.4 is 0 Å². The maximum atomic E-state index is 3.76. The van der Waals surface area contributed by atoms with Crippen molar-refractivity contribution >= 4 is 15.9 Å². The summed E-state index contributed by atoms with van der Waals surface area (Å²) >= 11 is 3.76. The fourth-order valence-electron chi connectivity index (χ4n) is 2.96. The number of halogens is 1. The van der Waals surface area contributed by atoms with E-state index in [1.54, 1.807) is 5.56 Å². The van der Waals surface area contributed by atoms with Crippen LogP contribution in [0.15, 0.2) is 18.2 Å². The fraction of sp³-hybridized carbons (Fsp3) is 0.600. The van der Waals surface area contributed by atoms with Gasteiger partial charge in [0.1, 0.15) is 0 Å². The van der Waals surface area contributed by atoms with Gasteiger partial charge in [-0.2, -0.15) is 0 Å². The van der Waals surface area contributed by atoms with Crippen molar-refractivity contribution in [1.29, 1.82) is 0 Å². The third-order valence-electron chi connectivity index (χ3n) is 4.02. The van der Waals surface area contributed by atoms with Gasteiger partial charge in [-0.1, -0.05) is 41.1 Å². The second kappa shape index (κ2) is 4.52. The fourth-order valence-corrected chi connectivity index (χ4v) is 3.97. The lowest BCUT2D eigenvalue weighted by atomic mass is 9.80. The molecule has 0 saturated heterocycles. The summed E-state index contributed by atoms with van der Waals surface area (Å²) in [6.45, 7) is 6.93. The van der Waals surface area contributed by atoms with Gasteiger partial charge in [-0.3, -0.25) is 0 Å². The smallest absolute Gasteiger partial charge is 0.0151 e. The predicted molar refractivity (Wildman–Crippen MR) is 74.3 cm³/mol. The first-order valence-corrected chi connectivity index (χ1v) is 7.11. The third kappa shape index (κ3) is 2.51. The van der Waals surface area contributed by atoms with Crippen LogP contribution >= 0.6 is 15.9 Å². The van der Waals surface area contributed by atoms with E-state index < -0.39 is 0 Å². The molecule has 0 amide bonds. The number of hydrogen-bond donors (Lipinski definition) is 0. The minimum atomic E-state index is 0.505. The Bertz CT molecular complexity index is 363. The third-order valence-corrected chi connectivity index (χ3v) is 4.81. The molecule has 16 heavy (non-hydrogen) atoms. The quantitative estimate of drug-likeness (QED) is 0.683. The molecule has 0 radical (unpaired) electrons. The summed E-state index contributed by atoms with van der Waals surface area (Å²) in [5.74, 6) is 0. The van der Waals surface area contributed by atoms with Gasteiger partial charge >= 0.3 is 0 Å². The summed E-state index contributed by atoms with van der Waals surface area (Å²) in [5, 5.41) is 0. The Hall–Kier alpha value is -0.300. The summed E-state index contributed by atoms with van der Waals surface area (Å²) in [6, 6.07) is 6.65. The predicted octanol–water partition coefficient (Wildman–Crippen LogP) is 4.80. The van der Waals surface area contributed by atoms with E-state index in [4.69, 9.17) is 0 Å². The van der Waals surface area contributed by atoms with Crippen LogP contribution in [-0.4, -0.2) is 4.83 Å². The molecule has 2 atom stereocenters. The maximum absolute atomic E-state index is 3.76. The van der Waals surface area contributed by atoms with Gasteiger partial charge < -0.3 is 0 Å². The van der Waals surface area contributed by atoms with Crippen molar-refractivity contribution in [1.82, 2.24) is 0 Å². The zero-order valence-electron chi connectivity index (χ0n) is 10.5. The molecule has 0 spiro atoms. The number of rotatable bonds is 2. The Morgan fingerprint density at radius 3 is 2.44 bits per heavy atom. The number of hydrogen-bond acceptors (Lipinski definition) is 0.